The van der Waals surface area contributed by atoms with Crippen molar-refractivity contribution in [3.8, 4) is 0 Å². The van der Waals surface area contributed by atoms with Gasteiger partial charge in [-0.15, -0.1) is 5.10 Å². The van der Waals surface area contributed by atoms with Crippen LogP contribution in [0.25, 0.3) is 0 Å². The number of anilines is 1. The predicted molar refractivity (Wildman–Crippen MR) is 64.5 cm³/mol. The first kappa shape index (κ1) is 10.1. The monoisotopic (exact) mass is 219 g/mol. The highest BCUT2D eigenvalue weighted by molar-refractivity contribution is 7.96. The zero-order valence-electron chi connectivity index (χ0n) is 8.55. The molecule has 0 bridgehead atoms. The number of aromatic nitrogens is 2. The molecule has 4 heteroatoms. The quantitative estimate of drug-likeness (QED) is 0.862. The van der Waals surface area contributed by atoms with Gasteiger partial charge in [0.2, 0.25) is 0 Å². The van der Waals surface area contributed by atoms with Crippen molar-refractivity contribution in [2.75, 3.05) is 5.73 Å². The topological polar surface area (TPSA) is 43.8 Å². The Morgan fingerprint density at radius 3 is 2.60 bits per heavy atom. The second-order valence-corrected chi connectivity index (χ2v) is 4.32. The van der Waals surface area contributed by atoms with Gasteiger partial charge in [0.25, 0.3) is 0 Å². The fourth-order valence-corrected chi connectivity index (χ4v) is 1.99. The van der Waals surface area contributed by atoms with Crippen LogP contribution in [0.4, 0.5) is 5.82 Å². The molecule has 0 saturated carbocycles. The molecule has 78 valence electrons. The van der Waals surface area contributed by atoms with Crippen LogP contribution in [0.2, 0.25) is 0 Å². The Hall–Kier alpha value is -1.42. The average Bonchev–Trinajstić information content (AvgIpc) is 2.64. The Morgan fingerprint density at radius 2 is 2.00 bits per heavy atom. The van der Waals surface area contributed by atoms with Crippen molar-refractivity contribution in [1.29, 1.82) is 0 Å². The van der Waals surface area contributed by atoms with Crippen LogP contribution in [0.15, 0.2) is 36.5 Å². The fraction of sp³-hybridized carbons (Fsp3) is 0.182. The van der Waals surface area contributed by atoms with Crippen LogP contribution in [0, 0.1) is 6.92 Å². The second-order valence-electron chi connectivity index (χ2n) is 3.40. The molecule has 15 heavy (non-hydrogen) atoms. The molecule has 0 fully saturated rings. The molecule has 0 aliphatic rings. The van der Waals surface area contributed by atoms with E-state index in [-0.39, 0.29) is 0 Å². The minimum Gasteiger partial charge on any atom is -0.382 e. The molecule has 0 atom stereocenters. The Bertz CT molecular complexity index is 433. The van der Waals surface area contributed by atoms with E-state index in [9.17, 15) is 0 Å². The Labute approximate surface area is 93.4 Å². The highest BCUT2D eigenvalue weighted by atomic mass is 32.2. The SMILES string of the molecule is Cc1ccc(CSn2ccc(N)n2)cc1. The number of nitrogens with two attached hydrogens (primary N) is 1. The first-order valence-corrected chi connectivity index (χ1v) is 5.68. The van der Waals surface area contributed by atoms with Gasteiger partial charge in [0.1, 0.15) is 5.82 Å². The lowest BCUT2D eigenvalue weighted by molar-refractivity contribution is 1.01. The summed E-state index contributed by atoms with van der Waals surface area (Å²) in [6.45, 7) is 2.09. The fourth-order valence-electron chi connectivity index (χ4n) is 1.22. The molecule has 0 spiro atoms. The van der Waals surface area contributed by atoms with Gasteiger partial charge in [-0.3, -0.25) is 0 Å². The van der Waals surface area contributed by atoms with E-state index in [1.54, 1.807) is 22.1 Å². The van der Waals surface area contributed by atoms with E-state index in [0.717, 1.165) is 5.75 Å². The number of aryl methyl sites for hydroxylation is 1. The summed E-state index contributed by atoms with van der Waals surface area (Å²) in [6, 6.07) is 10.3. The van der Waals surface area contributed by atoms with Gasteiger partial charge >= 0.3 is 0 Å². The van der Waals surface area contributed by atoms with Crippen molar-refractivity contribution in [2.24, 2.45) is 0 Å². The molecule has 0 amide bonds. The molecule has 1 aromatic heterocycles. The lowest BCUT2D eigenvalue weighted by Crippen LogP contribution is -1.91. The first-order chi connectivity index (χ1) is 7.24. The van der Waals surface area contributed by atoms with E-state index in [2.05, 4.69) is 36.3 Å². The Morgan fingerprint density at radius 1 is 1.27 bits per heavy atom. The summed E-state index contributed by atoms with van der Waals surface area (Å²) in [5.41, 5.74) is 8.10. The van der Waals surface area contributed by atoms with Crippen LogP contribution in [-0.2, 0) is 5.75 Å². The third-order valence-electron chi connectivity index (χ3n) is 2.07. The van der Waals surface area contributed by atoms with Gasteiger partial charge in [-0.1, -0.05) is 29.8 Å². The van der Waals surface area contributed by atoms with Crippen LogP contribution in [-0.4, -0.2) is 9.19 Å². The molecular weight excluding hydrogens is 206 g/mol. The van der Waals surface area contributed by atoms with E-state index in [1.807, 2.05) is 6.20 Å². The number of rotatable bonds is 3. The van der Waals surface area contributed by atoms with Crippen LogP contribution in [0.5, 0.6) is 0 Å². The maximum atomic E-state index is 5.52. The zero-order valence-corrected chi connectivity index (χ0v) is 9.37. The molecule has 2 N–H and O–H groups in total. The summed E-state index contributed by atoms with van der Waals surface area (Å²) in [5.74, 6) is 1.47. The van der Waals surface area contributed by atoms with Crippen LogP contribution in [0.3, 0.4) is 0 Å². The highest BCUT2D eigenvalue weighted by Crippen LogP contribution is 2.15. The molecular formula is C11H13N3S. The standard InChI is InChI=1S/C11H13N3S/c1-9-2-4-10(5-3-9)8-15-14-7-6-11(12)13-14/h2-7H,8H2,1H3,(H2,12,13). The van der Waals surface area contributed by atoms with Gasteiger partial charge in [-0.05, 0) is 24.4 Å². The minimum atomic E-state index is 0.561. The van der Waals surface area contributed by atoms with Gasteiger partial charge in [0.05, 0.1) is 0 Å². The molecule has 1 aromatic carbocycles. The largest absolute Gasteiger partial charge is 0.382 e. The van der Waals surface area contributed by atoms with E-state index in [4.69, 9.17) is 5.73 Å². The third-order valence-corrected chi connectivity index (χ3v) is 3.00. The van der Waals surface area contributed by atoms with Crippen LogP contribution in [0.1, 0.15) is 11.1 Å². The van der Waals surface area contributed by atoms with Crippen molar-refractivity contribution in [3.05, 3.63) is 47.7 Å². The van der Waals surface area contributed by atoms with E-state index in [1.165, 1.54) is 11.1 Å². The maximum Gasteiger partial charge on any atom is 0.146 e. The first-order valence-electron chi connectivity index (χ1n) is 4.74. The van der Waals surface area contributed by atoms with Crippen molar-refractivity contribution < 1.29 is 0 Å². The summed E-state index contributed by atoms with van der Waals surface area (Å²) in [4.78, 5) is 0. The minimum absolute atomic E-state index is 0.561. The summed E-state index contributed by atoms with van der Waals surface area (Å²) in [6.07, 6.45) is 1.87. The van der Waals surface area contributed by atoms with Crippen molar-refractivity contribution in [1.82, 2.24) is 9.19 Å². The number of hydrogen-bond donors (Lipinski definition) is 1. The van der Waals surface area contributed by atoms with Crippen LogP contribution < -0.4 is 5.73 Å². The molecule has 1 heterocycles. The van der Waals surface area contributed by atoms with Crippen molar-refractivity contribution >= 4 is 17.8 Å². The zero-order chi connectivity index (χ0) is 10.7. The number of benzene rings is 1. The smallest absolute Gasteiger partial charge is 0.146 e. The van der Waals surface area contributed by atoms with E-state index >= 15 is 0 Å². The van der Waals surface area contributed by atoms with E-state index in [0.29, 0.717) is 5.82 Å². The Balaban J connectivity index is 1.96. The molecule has 0 saturated heterocycles. The third kappa shape index (κ3) is 2.76. The summed E-state index contributed by atoms with van der Waals surface area (Å²) >= 11 is 1.63. The molecule has 0 aliphatic carbocycles. The average molecular weight is 219 g/mol. The lowest BCUT2D eigenvalue weighted by Gasteiger charge is -2.01. The van der Waals surface area contributed by atoms with Gasteiger partial charge in [-0.25, -0.2) is 4.09 Å². The van der Waals surface area contributed by atoms with E-state index < -0.39 is 0 Å². The lowest BCUT2D eigenvalue weighted by atomic mass is 10.2. The molecule has 0 aliphatic heterocycles. The van der Waals surface area contributed by atoms with Crippen molar-refractivity contribution in [2.45, 2.75) is 12.7 Å². The molecule has 3 nitrogen and oxygen atoms in total. The predicted octanol–water partition coefficient (Wildman–Crippen LogP) is 2.47. The van der Waals surface area contributed by atoms with Gasteiger partial charge in [-0.2, -0.15) is 0 Å². The molecule has 0 radical (unpaired) electrons. The molecule has 2 aromatic rings. The highest BCUT2D eigenvalue weighted by Gasteiger charge is 1.97. The summed E-state index contributed by atoms with van der Waals surface area (Å²) in [7, 11) is 0. The number of nitrogens with zero attached hydrogens (tertiary/aromatic N) is 2. The summed E-state index contributed by atoms with van der Waals surface area (Å²) < 4.78 is 1.79. The van der Waals surface area contributed by atoms with Gasteiger partial charge in [0, 0.05) is 18.0 Å². The molecule has 2 rings (SSSR count). The number of nitrogen functional groups attached to an aromatic ring is 1. The normalized spacial score (nSPS) is 10.5. The van der Waals surface area contributed by atoms with Gasteiger partial charge in [0.15, 0.2) is 0 Å². The van der Waals surface area contributed by atoms with Crippen molar-refractivity contribution in [3.63, 3.8) is 0 Å². The number of hydrogen-bond acceptors (Lipinski definition) is 3. The Kier molecular flexibility index (Phi) is 2.97. The second kappa shape index (κ2) is 4.40. The summed E-state index contributed by atoms with van der Waals surface area (Å²) in [5, 5.41) is 4.10. The maximum absolute atomic E-state index is 5.52. The van der Waals surface area contributed by atoms with Crippen LogP contribution >= 0.6 is 11.9 Å². The van der Waals surface area contributed by atoms with Gasteiger partial charge < -0.3 is 5.73 Å². The molecule has 0 unspecified atom stereocenters.